The molecule has 0 saturated heterocycles. The van der Waals surface area contributed by atoms with E-state index < -0.39 is 0 Å². The number of anilines is 1. The fourth-order valence-electron chi connectivity index (χ4n) is 2.51. The van der Waals surface area contributed by atoms with E-state index in [1.165, 1.54) is 11.3 Å². The first-order chi connectivity index (χ1) is 14.1. The molecule has 0 aliphatic carbocycles. The molecule has 0 aliphatic rings. The maximum absolute atomic E-state index is 6.38. The Hall–Kier alpha value is -2.28. The molecule has 2 aromatic carbocycles. The van der Waals surface area contributed by atoms with E-state index in [1.54, 1.807) is 12.3 Å². The number of aromatic nitrogens is 1. The van der Waals surface area contributed by atoms with Crippen molar-refractivity contribution >= 4 is 45.9 Å². The van der Waals surface area contributed by atoms with Gasteiger partial charge in [0.2, 0.25) is 5.13 Å². The van der Waals surface area contributed by atoms with Crippen LogP contribution in [0, 0.1) is 0 Å². The summed E-state index contributed by atoms with van der Waals surface area (Å²) in [4.78, 5) is 4.53. The number of halogens is 2. The topological polar surface area (TPSA) is 55.7 Å². The van der Waals surface area contributed by atoms with E-state index >= 15 is 0 Å². The summed E-state index contributed by atoms with van der Waals surface area (Å²) >= 11 is 13.8. The van der Waals surface area contributed by atoms with Gasteiger partial charge in [-0.2, -0.15) is 5.10 Å². The number of rotatable bonds is 9. The summed E-state index contributed by atoms with van der Waals surface area (Å²) < 4.78 is 11.4. The van der Waals surface area contributed by atoms with E-state index in [1.807, 2.05) is 49.6 Å². The average molecular weight is 450 g/mol. The van der Waals surface area contributed by atoms with Gasteiger partial charge in [-0.05, 0) is 43.2 Å². The van der Waals surface area contributed by atoms with Crippen molar-refractivity contribution in [3.8, 4) is 22.8 Å². The summed E-state index contributed by atoms with van der Waals surface area (Å²) in [7, 11) is 0. The van der Waals surface area contributed by atoms with Crippen LogP contribution >= 0.6 is 34.5 Å². The van der Waals surface area contributed by atoms with Crippen LogP contribution in [0.5, 0.6) is 11.5 Å². The lowest BCUT2D eigenvalue weighted by molar-refractivity contribution is 0.277. The Bertz CT molecular complexity index is 975. The van der Waals surface area contributed by atoms with Gasteiger partial charge in [-0.1, -0.05) is 42.3 Å². The molecule has 1 heterocycles. The number of nitrogens with one attached hydrogen (secondary N) is 1. The third kappa shape index (κ3) is 5.85. The highest BCUT2D eigenvalue weighted by Gasteiger charge is 2.12. The first-order valence-corrected chi connectivity index (χ1v) is 10.8. The van der Waals surface area contributed by atoms with Gasteiger partial charge in [0, 0.05) is 16.0 Å². The maximum atomic E-state index is 6.38. The predicted octanol–water partition coefficient (Wildman–Crippen LogP) is 6.75. The van der Waals surface area contributed by atoms with Crippen LogP contribution in [-0.2, 0) is 0 Å². The van der Waals surface area contributed by atoms with Crippen molar-refractivity contribution in [2.45, 2.75) is 20.3 Å². The maximum Gasteiger partial charge on any atom is 0.203 e. The lowest BCUT2D eigenvalue weighted by Crippen LogP contribution is -2.02. The molecule has 152 valence electrons. The summed E-state index contributed by atoms with van der Waals surface area (Å²) in [5, 5.41) is 8.10. The molecular weight excluding hydrogens is 429 g/mol. The van der Waals surface area contributed by atoms with Crippen LogP contribution in [0.2, 0.25) is 10.0 Å². The molecule has 8 heteroatoms. The molecule has 0 radical (unpaired) electrons. The van der Waals surface area contributed by atoms with Gasteiger partial charge < -0.3 is 9.47 Å². The van der Waals surface area contributed by atoms with Gasteiger partial charge in [-0.3, -0.25) is 5.43 Å². The number of ether oxygens (including phenoxy) is 2. The van der Waals surface area contributed by atoms with Gasteiger partial charge in [-0.15, -0.1) is 11.3 Å². The lowest BCUT2D eigenvalue weighted by atomic mass is 10.2. The molecule has 3 aromatic rings. The Morgan fingerprint density at radius 1 is 1.14 bits per heavy atom. The number of hydrogen-bond donors (Lipinski definition) is 1. The molecule has 0 atom stereocenters. The molecular formula is C21H21Cl2N3O2S. The number of nitrogens with zero attached hydrogens (tertiary/aromatic N) is 2. The summed E-state index contributed by atoms with van der Waals surface area (Å²) in [6.45, 7) is 5.05. The molecule has 0 aliphatic heterocycles. The third-order valence-electron chi connectivity index (χ3n) is 3.80. The zero-order valence-electron chi connectivity index (χ0n) is 16.1. The van der Waals surface area contributed by atoms with Crippen molar-refractivity contribution in [3.63, 3.8) is 0 Å². The summed E-state index contributed by atoms with van der Waals surface area (Å²) in [5.41, 5.74) is 5.61. The number of hydrogen-bond acceptors (Lipinski definition) is 6. The number of benzene rings is 2. The van der Waals surface area contributed by atoms with Gasteiger partial charge >= 0.3 is 0 Å². The van der Waals surface area contributed by atoms with E-state index in [9.17, 15) is 0 Å². The molecule has 0 amide bonds. The molecule has 0 fully saturated rings. The molecule has 5 nitrogen and oxygen atoms in total. The van der Waals surface area contributed by atoms with Crippen LogP contribution in [0.15, 0.2) is 46.9 Å². The molecule has 1 aromatic heterocycles. The fraction of sp³-hybridized carbons (Fsp3) is 0.238. The second-order valence-electron chi connectivity index (χ2n) is 6.03. The van der Waals surface area contributed by atoms with Gasteiger partial charge in [0.25, 0.3) is 0 Å². The van der Waals surface area contributed by atoms with Crippen molar-refractivity contribution < 1.29 is 9.47 Å². The van der Waals surface area contributed by atoms with Crippen molar-refractivity contribution in [2.24, 2.45) is 5.10 Å². The van der Waals surface area contributed by atoms with Gasteiger partial charge in [0.15, 0.2) is 11.5 Å². The van der Waals surface area contributed by atoms with Crippen molar-refractivity contribution in [3.05, 3.63) is 57.4 Å². The van der Waals surface area contributed by atoms with E-state index in [0.29, 0.717) is 39.9 Å². The minimum atomic E-state index is 0.491. The van der Waals surface area contributed by atoms with Crippen molar-refractivity contribution in [1.29, 1.82) is 0 Å². The van der Waals surface area contributed by atoms with Crippen LogP contribution in [0.25, 0.3) is 11.3 Å². The van der Waals surface area contributed by atoms with E-state index in [2.05, 4.69) is 15.5 Å². The highest BCUT2D eigenvalue weighted by atomic mass is 35.5. The first-order valence-electron chi connectivity index (χ1n) is 9.20. The predicted molar refractivity (Wildman–Crippen MR) is 122 cm³/mol. The monoisotopic (exact) mass is 449 g/mol. The van der Waals surface area contributed by atoms with Crippen LogP contribution in [0.3, 0.4) is 0 Å². The van der Waals surface area contributed by atoms with Crippen molar-refractivity contribution in [2.75, 3.05) is 18.6 Å². The fourth-order valence-corrected chi connectivity index (χ4v) is 3.58. The Balaban J connectivity index is 1.70. The summed E-state index contributed by atoms with van der Waals surface area (Å²) in [5.74, 6) is 1.17. The number of thiazole rings is 1. The third-order valence-corrected chi connectivity index (χ3v) is 5.08. The highest BCUT2D eigenvalue weighted by molar-refractivity contribution is 7.14. The Morgan fingerprint density at radius 2 is 1.93 bits per heavy atom. The molecule has 0 saturated carbocycles. The Kier molecular flexibility index (Phi) is 7.75. The van der Waals surface area contributed by atoms with E-state index in [4.69, 9.17) is 32.7 Å². The van der Waals surface area contributed by atoms with E-state index in [-0.39, 0.29) is 0 Å². The van der Waals surface area contributed by atoms with Crippen LogP contribution in [0.4, 0.5) is 5.13 Å². The highest BCUT2D eigenvalue weighted by Crippen LogP contribution is 2.36. The van der Waals surface area contributed by atoms with Crippen LogP contribution in [0.1, 0.15) is 25.8 Å². The minimum absolute atomic E-state index is 0.491. The number of hydrazone groups is 1. The quantitative estimate of drug-likeness (QED) is 0.289. The van der Waals surface area contributed by atoms with E-state index in [0.717, 1.165) is 23.2 Å². The first kappa shape index (κ1) is 21.4. The zero-order valence-corrected chi connectivity index (χ0v) is 18.4. The van der Waals surface area contributed by atoms with Crippen LogP contribution in [-0.4, -0.2) is 24.4 Å². The Morgan fingerprint density at radius 3 is 2.66 bits per heavy atom. The van der Waals surface area contributed by atoms with Crippen LogP contribution < -0.4 is 14.9 Å². The second-order valence-corrected chi connectivity index (χ2v) is 7.73. The second kappa shape index (κ2) is 10.5. The standard InChI is InChI=1S/C21H21Cl2N3O2S/c1-3-9-28-20-17(23)10-14(11-19(20)27-4-2)12-24-26-21-25-18(13-29-21)15-5-7-16(22)8-6-15/h5-8,10-13H,3-4,9H2,1-2H3,(H,25,26)/b24-12-. The minimum Gasteiger partial charge on any atom is -0.490 e. The molecule has 0 spiro atoms. The normalized spacial score (nSPS) is 11.0. The molecule has 1 N–H and O–H groups in total. The lowest BCUT2D eigenvalue weighted by Gasteiger charge is -2.13. The summed E-state index contributed by atoms with van der Waals surface area (Å²) in [6.07, 6.45) is 2.56. The molecule has 29 heavy (non-hydrogen) atoms. The smallest absolute Gasteiger partial charge is 0.203 e. The SMILES string of the molecule is CCCOc1c(Cl)cc(/C=N\Nc2nc(-c3ccc(Cl)cc3)cs2)cc1OCC. The average Bonchev–Trinajstić information content (AvgIpc) is 3.17. The largest absolute Gasteiger partial charge is 0.490 e. The Labute approximate surface area is 184 Å². The van der Waals surface area contributed by atoms with Gasteiger partial charge in [0.1, 0.15) is 0 Å². The molecule has 3 rings (SSSR count). The summed E-state index contributed by atoms with van der Waals surface area (Å²) in [6, 6.07) is 11.2. The molecule has 0 bridgehead atoms. The van der Waals surface area contributed by atoms with Gasteiger partial charge in [-0.25, -0.2) is 4.98 Å². The molecule has 0 unspecified atom stereocenters. The van der Waals surface area contributed by atoms with Crippen molar-refractivity contribution in [1.82, 2.24) is 4.98 Å². The zero-order chi connectivity index (χ0) is 20.6. The van der Waals surface area contributed by atoms with Gasteiger partial charge in [0.05, 0.1) is 30.1 Å².